The summed E-state index contributed by atoms with van der Waals surface area (Å²) < 4.78 is 1.11. The van der Waals surface area contributed by atoms with Crippen LogP contribution in [0.5, 0.6) is 0 Å². The molecule has 0 aliphatic carbocycles. The average Bonchev–Trinajstić information content (AvgIpc) is 2.96. The Morgan fingerprint density at radius 3 is 2.48 bits per heavy atom. The summed E-state index contributed by atoms with van der Waals surface area (Å²) in [6.07, 6.45) is 0. The number of aromatic nitrogens is 1. The molecule has 0 N–H and O–H groups in total. The highest BCUT2D eigenvalue weighted by atomic mass is 79.9. The van der Waals surface area contributed by atoms with E-state index < -0.39 is 0 Å². The maximum absolute atomic E-state index is 4.73. The first-order valence-electron chi connectivity index (χ1n) is 6.60. The van der Waals surface area contributed by atoms with Crippen molar-refractivity contribution in [2.24, 2.45) is 0 Å². The van der Waals surface area contributed by atoms with Crippen LogP contribution in [0.15, 0.2) is 63.3 Å². The number of rotatable bonds is 4. The molecule has 1 heterocycles. The molecular weight excluding hydrogens is 362 g/mol. The van der Waals surface area contributed by atoms with Crippen molar-refractivity contribution < 1.29 is 0 Å². The summed E-state index contributed by atoms with van der Waals surface area (Å²) in [4.78, 5) is 6.00. The molecule has 0 amide bonds. The predicted molar refractivity (Wildman–Crippen MR) is 96.0 cm³/mol. The van der Waals surface area contributed by atoms with Crippen molar-refractivity contribution in [3.8, 4) is 10.6 Å². The van der Waals surface area contributed by atoms with Crippen molar-refractivity contribution in [1.29, 1.82) is 0 Å². The van der Waals surface area contributed by atoms with E-state index in [1.54, 1.807) is 11.3 Å². The quantitative estimate of drug-likeness (QED) is 0.505. The Kier molecular flexibility index (Phi) is 4.78. The summed E-state index contributed by atoms with van der Waals surface area (Å²) in [5.74, 6) is 0.907. The maximum atomic E-state index is 4.73. The predicted octanol–water partition coefficient (Wildman–Crippen LogP) is 6.17. The van der Waals surface area contributed by atoms with Gasteiger partial charge >= 0.3 is 0 Å². The van der Waals surface area contributed by atoms with Crippen LogP contribution in [-0.2, 0) is 5.75 Å². The molecule has 1 aromatic heterocycles. The van der Waals surface area contributed by atoms with Gasteiger partial charge < -0.3 is 0 Å². The van der Waals surface area contributed by atoms with Gasteiger partial charge in [0.25, 0.3) is 0 Å². The van der Waals surface area contributed by atoms with Crippen molar-refractivity contribution in [2.75, 3.05) is 0 Å². The molecule has 0 atom stereocenters. The SMILES string of the molecule is Cc1ccc(-c2nc(CSc3ccc(Br)cc3)cs2)cc1. The second kappa shape index (κ2) is 6.77. The summed E-state index contributed by atoms with van der Waals surface area (Å²) in [6, 6.07) is 16.9. The number of nitrogens with zero attached hydrogens (tertiary/aromatic N) is 1. The lowest BCUT2D eigenvalue weighted by Gasteiger charge is -2.00. The minimum Gasteiger partial charge on any atom is -0.240 e. The topological polar surface area (TPSA) is 12.9 Å². The number of aryl methyl sites for hydroxylation is 1. The van der Waals surface area contributed by atoms with Gasteiger partial charge in [0.2, 0.25) is 0 Å². The number of hydrogen-bond acceptors (Lipinski definition) is 3. The summed E-state index contributed by atoms with van der Waals surface area (Å²) in [7, 11) is 0. The Hall–Kier alpha value is -1.10. The van der Waals surface area contributed by atoms with Gasteiger partial charge in [0, 0.05) is 26.1 Å². The van der Waals surface area contributed by atoms with E-state index in [0.29, 0.717) is 0 Å². The second-order valence-corrected chi connectivity index (χ2v) is 7.58. The Balaban J connectivity index is 1.67. The van der Waals surface area contributed by atoms with Crippen LogP contribution < -0.4 is 0 Å². The van der Waals surface area contributed by atoms with E-state index in [-0.39, 0.29) is 0 Å². The molecule has 0 saturated heterocycles. The molecule has 0 aliphatic heterocycles. The number of halogens is 1. The largest absolute Gasteiger partial charge is 0.240 e. The molecule has 0 saturated carbocycles. The molecule has 0 fully saturated rings. The van der Waals surface area contributed by atoms with Crippen LogP contribution >= 0.6 is 39.0 Å². The summed E-state index contributed by atoms with van der Waals surface area (Å²) in [5.41, 5.74) is 3.62. The maximum Gasteiger partial charge on any atom is 0.123 e. The third kappa shape index (κ3) is 3.96. The van der Waals surface area contributed by atoms with Crippen molar-refractivity contribution in [1.82, 2.24) is 4.98 Å². The lowest BCUT2D eigenvalue weighted by molar-refractivity contribution is 1.23. The first kappa shape index (κ1) is 14.8. The van der Waals surface area contributed by atoms with Crippen LogP contribution in [0.25, 0.3) is 10.6 Å². The molecule has 3 aromatic rings. The monoisotopic (exact) mass is 375 g/mol. The van der Waals surface area contributed by atoms with Gasteiger partial charge in [-0.1, -0.05) is 45.8 Å². The van der Waals surface area contributed by atoms with Crippen molar-refractivity contribution in [3.63, 3.8) is 0 Å². The highest BCUT2D eigenvalue weighted by Crippen LogP contribution is 2.28. The van der Waals surface area contributed by atoms with Gasteiger partial charge in [-0.25, -0.2) is 4.98 Å². The van der Waals surface area contributed by atoms with Gasteiger partial charge in [0.1, 0.15) is 5.01 Å². The van der Waals surface area contributed by atoms with Gasteiger partial charge in [-0.2, -0.15) is 0 Å². The van der Waals surface area contributed by atoms with Gasteiger partial charge in [-0.15, -0.1) is 23.1 Å². The third-order valence-electron chi connectivity index (χ3n) is 3.05. The van der Waals surface area contributed by atoms with Crippen LogP contribution in [-0.4, -0.2) is 4.98 Å². The van der Waals surface area contributed by atoms with Gasteiger partial charge in [0.05, 0.1) is 5.69 Å². The zero-order chi connectivity index (χ0) is 14.7. The van der Waals surface area contributed by atoms with Crippen molar-refractivity contribution >= 4 is 39.0 Å². The molecule has 21 heavy (non-hydrogen) atoms. The number of hydrogen-bond donors (Lipinski definition) is 0. The van der Waals surface area contributed by atoms with E-state index in [9.17, 15) is 0 Å². The Bertz CT molecular complexity index is 717. The first-order chi connectivity index (χ1) is 10.2. The summed E-state index contributed by atoms with van der Waals surface area (Å²) in [5, 5.41) is 3.25. The normalized spacial score (nSPS) is 10.8. The Morgan fingerprint density at radius 2 is 1.76 bits per heavy atom. The van der Waals surface area contributed by atoms with E-state index in [1.807, 2.05) is 11.8 Å². The fourth-order valence-corrected chi connectivity index (χ4v) is 3.88. The minimum atomic E-state index is 0.907. The molecule has 1 nitrogen and oxygen atoms in total. The Labute approximate surface area is 141 Å². The highest BCUT2D eigenvalue weighted by molar-refractivity contribution is 9.10. The van der Waals surface area contributed by atoms with E-state index in [4.69, 9.17) is 4.98 Å². The first-order valence-corrected chi connectivity index (χ1v) is 9.26. The van der Waals surface area contributed by atoms with Crippen LogP contribution in [0.4, 0.5) is 0 Å². The number of benzene rings is 2. The lowest BCUT2D eigenvalue weighted by Crippen LogP contribution is -1.82. The summed E-state index contributed by atoms with van der Waals surface area (Å²) >= 11 is 6.99. The van der Waals surface area contributed by atoms with Crippen LogP contribution in [0, 0.1) is 6.92 Å². The van der Waals surface area contributed by atoms with Crippen LogP contribution in [0.1, 0.15) is 11.3 Å². The molecule has 0 radical (unpaired) electrons. The van der Waals surface area contributed by atoms with Crippen molar-refractivity contribution in [2.45, 2.75) is 17.6 Å². The highest BCUT2D eigenvalue weighted by Gasteiger charge is 2.05. The molecule has 0 aliphatic rings. The van der Waals surface area contributed by atoms with Gasteiger partial charge in [-0.3, -0.25) is 0 Å². The van der Waals surface area contributed by atoms with Gasteiger partial charge in [-0.05, 0) is 31.2 Å². The lowest BCUT2D eigenvalue weighted by atomic mass is 10.2. The molecular formula is C17H14BrNS2. The summed E-state index contributed by atoms with van der Waals surface area (Å²) in [6.45, 7) is 2.10. The van der Waals surface area contributed by atoms with Crippen LogP contribution in [0.2, 0.25) is 0 Å². The Morgan fingerprint density at radius 1 is 1.05 bits per heavy atom. The minimum absolute atomic E-state index is 0.907. The third-order valence-corrected chi connectivity index (χ3v) is 5.57. The number of thiazole rings is 1. The zero-order valence-corrected chi connectivity index (χ0v) is 14.8. The fourth-order valence-electron chi connectivity index (χ4n) is 1.89. The smallest absolute Gasteiger partial charge is 0.123 e. The molecule has 2 aromatic carbocycles. The van der Waals surface area contributed by atoms with E-state index in [2.05, 4.69) is 76.8 Å². The molecule has 0 unspecified atom stereocenters. The molecule has 106 valence electrons. The average molecular weight is 376 g/mol. The fraction of sp³-hybridized carbons (Fsp3) is 0.118. The standard InChI is InChI=1S/C17H14BrNS2/c1-12-2-4-13(5-3-12)17-19-15(11-21-17)10-20-16-8-6-14(18)7-9-16/h2-9,11H,10H2,1H3. The van der Waals surface area contributed by atoms with Gasteiger partial charge in [0.15, 0.2) is 0 Å². The number of thioether (sulfide) groups is 1. The molecule has 3 rings (SSSR count). The zero-order valence-electron chi connectivity index (χ0n) is 11.5. The van der Waals surface area contributed by atoms with E-state index in [0.717, 1.165) is 20.9 Å². The van der Waals surface area contributed by atoms with Crippen LogP contribution in [0.3, 0.4) is 0 Å². The second-order valence-electron chi connectivity index (χ2n) is 4.75. The van der Waals surface area contributed by atoms with E-state index in [1.165, 1.54) is 16.0 Å². The van der Waals surface area contributed by atoms with Crippen molar-refractivity contribution in [3.05, 3.63) is 69.6 Å². The molecule has 0 bridgehead atoms. The van der Waals surface area contributed by atoms with E-state index >= 15 is 0 Å². The molecule has 4 heteroatoms. The molecule has 0 spiro atoms.